The number of carbonyl (C=O) groups is 1. The Morgan fingerprint density at radius 2 is 2.00 bits per heavy atom. The number of phenols is 1. The molecular formula is C23H21NO4. The molecule has 3 rings (SSSR count). The summed E-state index contributed by atoms with van der Waals surface area (Å²) in [5, 5.41) is 9.79. The zero-order valence-electron chi connectivity index (χ0n) is 15.5. The van der Waals surface area contributed by atoms with Gasteiger partial charge in [0.2, 0.25) is 0 Å². The number of ether oxygens (including phenoxy) is 2. The highest BCUT2D eigenvalue weighted by atomic mass is 16.5. The molecule has 28 heavy (non-hydrogen) atoms. The van der Waals surface area contributed by atoms with Crippen molar-refractivity contribution in [2.24, 2.45) is 0 Å². The lowest BCUT2D eigenvalue weighted by molar-refractivity contribution is -0.113. The van der Waals surface area contributed by atoms with Gasteiger partial charge in [-0.25, -0.2) is 0 Å². The molecule has 0 saturated carbocycles. The number of pyridine rings is 1. The smallest absolute Gasteiger partial charge is 0.160 e. The minimum Gasteiger partial charge on any atom is -0.504 e. The van der Waals surface area contributed by atoms with Crippen molar-refractivity contribution in [1.29, 1.82) is 0 Å². The van der Waals surface area contributed by atoms with Gasteiger partial charge in [-0.05, 0) is 53.6 Å². The highest BCUT2D eigenvalue weighted by Crippen LogP contribution is 2.26. The Balaban J connectivity index is 1.58. The van der Waals surface area contributed by atoms with Crippen LogP contribution in [0, 0.1) is 0 Å². The topological polar surface area (TPSA) is 68.7 Å². The number of rotatable bonds is 8. The molecule has 1 N–H and O–H groups in total. The number of allylic oxidation sites excluding steroid dienone is 1. The first kappa shape index (κ1) is 19.2. The summed E-state index contributed by atoms with van der Waals surface area (Å²) < 4.78 is 10.8. The van der Waals surface area contributed by atoms with Gasteiger partial charge in [-0.2, -0.15) is 0 Å². The summed E-state index contributed by atoms with van der Waals surface area (Å²) in [6.07, 6.45) is 5.16. The van der Waals surface area contributed by atoms with Crippen molar-refractivity contribution < 1.29 is 19.4 Å². The Bertz CT molecular complexity index is 967. The van der Waals surface area contributed by atoms with Crippen molar-refractivity contribution in [3.63, 3.8) is 0 Å². The Labute approximate surface area is 163 Å². The maximum Gasteiger partial charge on any atom is 0.160 e. The summed E-state index contributed by atoms with van der Waals surface area (Å²) in [6.45, 7) is 0.374. The summed E-state index contributed by atoms with van der Waals surface area (Å²) >= 11 is 0. The molecule has 0 saturated heterocycles. The summed E-state index contributed by atoms with van der Waals surface area (Å²) in [5.41, 5.74) is 2.43. The Morgan fingerprint density at radius 3 is 2.75 bits per heavy atom. The predicted octanol–water partition coefficient (Wildman–Crippen LogP) is 4.20. The third-order valence-corrected chi connectivity index (χ3v) is 4.05. The van der Waals surface area contributed by atoms with Crippen LogP contribution in [0.25, 0.3) is 6.08 Å². The van der Waals surface area contributed by atoms with E-state index in [0.717, 1.165) is 16.8 Å². The minimum absolute atomic E-state index is 0.0369. The van der Waals surface area contributed by atoms with E-state index in [-0.39, 0.29) is 18.0 Å². The van der Waals surface area contributed by atoms with E-state index in [1.807, 2.05) is 42.5 Å². The van der Waals surface area contributed by atoms with E-state index in [2.05, 4.69) is 4.98 Å². The van der Waals surface area contributed by atoms with Gasteiger partial charge in [0, 0.05) is 12.6 Å². The maximum atomic E-state index is 12.3. The number of aromatic nitrogens is 1. The van der Waals surface area contributed by atoms with Crippen LogP contribution in [-0.2, 0) is 17.8 Å². The molecule has 0 aliphatic rings. The molecular weight excluding hydrogens is 354 g/mol. The average Bonchev–Trinajstić information content (AvgIpc) is 2.72. The molecule has 1 aromatic heterocycles. The number of hydrogen-bond donors (Lipinski definition) is 1. The summed E-state index contributed by atoms with van der Waals surface area (Å²) in [6, 6.07) is 18.1. The maximum absolute atomic E-state index is 12.3. The Kier molecular flexibility index (Phi) is 6.41. The van der Waals surface area contributed by atoms with Crippen molar-refractivity contribution in [3.05, 3.63) is 89.8 Å². The molecule has 0 spiro atoms. The third kappa shape index (κ3) is 5.45. The number of ketones is 1. The van der Waals surface area contributed by atoms with Crippen LogP contribution in [0.4, 0.5) is 0 Å². The van der Waals surface area contributed by atoms with Crippen LogP contribution in [-0.4, -0.2) is 23.0 Å². The van der Waals surface area contributed by atoms with Gasteiger partial charge >= 0.3 is 0 Å². The largest absolute Gasteiger partial charge is 0.504 e. The molecule has 5 nitrogen and oxygen atoms in total. The standard InChI is InChI=1S/C23H21NO4/c1-27-23-11-9-17(15-22(23)26)8-10-20(25)13-18-5-4-7-21(14-18)28-16-19-6-2-3-12-24-19/h2-12,14-15,26H,13,16H2,1H3/b10-8+. The fourth-order valence-corrected chi connectivity index (χ4v) is 2.65. The normalized spacial score (nSPS) is 10.8. The molecule has 3 aromatic rings. The SMILES string of the molecule is COc1ccc(/C=C/C(=O)Cc2cccc(OCc3ccccn3)c2)cc1O. The second-order valence-corrected chi connectivity index (χ2v) is 6.16. The Hall–Kier alpha value is -3.60. The lowest BCUT2D eigenvalue weighted by atomic mass is 10.1. The van der Waals surface area contributed by atoms with Crippen LogP contribution in [0.15, 0.2) is 72.9 Å². The van der Waals surface area contributed by atoms with Crippen LogP contribution < -0.4 is 9.47 Å². The molecule has 2 aromatic carbocycles. The number of carbonyl (C=O) groups excluding carboxylic acids is 1. The van der Waals surface area contributed by atoms with Gasteiger partial charge in [0.1, 0.15) is 12.4 Å². The predicted molar refractivity (Wildman–Crippen MR) is 107 cm³/mol. The number of phenolic OH excluding ortho intramolecular Hbond substituents is 1. The van der Waals surface area contributed by atoms with Gasteiger partial charge in [0.25, 0.3) is 0 Å². The van der Waals surface area contributed by atoms with Crippen LogP contribution in [0.2, 0.25) is 0 Å². The van der Waals surface area contributed by atoms with Crippen molar-refractivity contribution in [3.8, 4) is 17.2 Å². The first-order chi connectivity index (χ1) is 13.6. The minimum atomic E-state index is -0.0443. The average molecular weight is 375 g/mol. The van der Waals surface area contributed by atoms with Gasteiger partial charge < -0.3 is 14.6 Å². The van der Waals surface area contributed by atoms with Crippen molar-refractivity contribution in [2.45, 2.75) is 13.0 Å². The summed E-state index contributed by atoms with van der Waals surface area (Å²) in [5.74, 6) is 1.08. The van der Waals surface area contributed by atoms with E-state index >= 15 is 0 Å². The lowest BCUT2D eigenvalue weighted by Gasteiger charge is -2.07. The first-order valence-electron chi connectivity index (χ1n) is 8.83. The van der Waals surface area contributed by atoms with E-state index in [0.29, 0.717) is 18.1 Å². The molecule has 1 heterocycles. The second-order valence-electron chi connectivity index (χ2n) is 6.16. The summed E-state index contributed by atoms with van der Waals surface area (Å²) in [7, 11) is 1.49. The molecule has 0 amide bonds. The molecule has 142 valence electrons. The van der Waals surface area contributed by atoms with Crippen LogP contribution in [0.3, 0.4) is 0 Å². The molecule has 0 unspecified atom stereocenters. The fourth-order valence-electron chi connectivity index (χ4n) is 2.65. The monoisotopic (exact) mass is 375 g/mol. The van der Waals surface area contributed by atoms with E-state index in [1.54, 1.807) is 30.5 Å². The van der Waals surface area contributed by atoms with Gasteiger partial charge in [-0.3, -0.25) is 9.78 Å². The van der Waals surface area contributed by atoms with E-state index in [4.69, 9.17) is 9.47 Å². The number of hydrogen-bond acceptors (Lipinski definition) is 5. The van der Waals surface area contributed by atoms with Crippen molar-refractivity contribution in [1.82, 2.24) is 4.98 Å². The van der Waals surface area contributed by atoms with E-state index in [9.17, 15) is 9.90 Å². The van der Waals surface area contributed by atoms with Gasteiger partial charge in [-0.1, -0.05) is 30.3 Å². The molecule has 0 bridgehead atoms. The zero-order valence-corrected chi connectivity index (χ0v) is 15.5. The zero-order chi connectivity index (χ0) is 19.8. The number of benzene rings is 2. The summed E-state index contributed by atoms with van der Waals surface area (Å²) in [4.78, 5) is 16.5. The molecule has 5 heteroatoms. The van der Waals surface area contributed by atoms with Gasteiger partial charge in [0.05, 0.1) is 12.8 Å². The molecule has 0 fully saturated rings. The van der Waals surface area contributed by atoms with Crippen LogP contribution >= 0.6 is 0 Å². The highest BCUT2D eigenvalue weighted by Gasteiger charge is 2.04. The Morgan fingerprint density at radius 1 is 1.11 bits per heavy atom. The quantitative estimate of drug-likeness (QED) is 0.598. The number of methoxy groups -OCH3 is 1. The fraction of sp³-hybridized carbons (Fsp3) is 0.130. The van der Waals surface area contributed by atoms with Crippen LogP contribution in [0.1, 0.15) is 16.8 Å². The van der Waals surface area contributed by atoms with Crippen LogP contribution in [0.5, 0.6) is 17.2 Å². The van der Waals surface area contributed by atoms with Crippen molar-refractivity contribution >= 4 is 11.9 Å². The molecule has 0 aliphatic carbocycles. The number of nitrogens with zero attached hydrogens (tertiary/aromatic N) is 1. The van der Waals surface area contributed by atoms with Gasteiger partial charge in [-0.15, -0.1) is 0 Å². The molecule has 0 radical (unpaired) electrons. The third-order valence-electron chi connectivity index (χ3n) is 4.05. The number of aromatic hydroxyl groups is 1. The van der Waals surface area contributed by atoms with Gasteiger partial charge in [0.15, 0.2) is 17.3 Å². The highest BCUT2D eigenvalue weighted by molar-refractivity contribution is 5.95. The van der Waals surface area contributed by atoms with E-state index < -0.39 is 0 Å². The first-order valence-corrected chi connectivity index (χ1v) is 8.83. The molecule has 0 atom stereocenters. The molecule has 0 aliphatic heterocycles. The lowest BCUT2D eigenvalue weighted by Crippen LogP contribution is -2.00. The van der Waals surface area contributed by atoms with E-state index in [1.165, 1.54) is 13.2 Å². The van der Waals surface area contributed by atoms with Crippen molar-refractivity contribution in [2.75, 3.05) is 7.11 Å². The second kappa shape index (κ2) is 9.37.